The number of fused-ring (bicyclic) bond motifs is 1. The molecule has 22 heavy (non-hydrogen) atoms. The van der Waals surface area contributed by atoms with Crippen molar-refractivity contribution >= 4 is 17.1 Å². The molecule has 0 aromatic carbocycles. The van der Waals surface area contributed by atoms with E-state index in [1.165, 1.54) is 0 Å². The molecule has 1 aliphatic heterocycles. The Bertz CT molecular complexity index is 790. The van der Waals surface area contributed by atoms with E-state index in [9.17, 15) is 18.7 Å². The summed E-state index contributed by atoms with van der Waals surface area (Å²) < 4.78 is 34.7. The third kappa shape index (κ3) is 1.82. The van der Waals surface area contributed by atoms with Gasteiger partial charge in [-0.05, 0) is 6.92 Å². The number of anilines is 1. The Kier molecular flexibility index (Phi) is 2.99. The van der Waals surface area contributed by atoms with Crippen molar-refractivity contribution in [3.8, 4) is 0 Å². The lowest BCUT2D eigenvalue weighted by Crippen LogP contribution is -2.46. The average molecular weight is 317 g/mol. The second kappa shape index (κ2) is 4.44. The molecule has 9 nitrogen and oxygen atoms in total. The smallest absolute Gasteiger partial charge is 0.280 e. The number of nitrogens with zero attached hydrogens (tertiary/aromatic N) is 3. The van der Waals surface area contributed by atoms with Gasteiger partial charge in [-0.25, -0.2) is 13.8 Å². The largest absolute Gasteiger partial charge is 0.390 e. The van der Waals surface area contributed by atoms with Crippen LogP contribution in [0.4, 0.5) is 14.7 Å². The van der Waals surface area contributed by atoms with Crippen LogP contribution in [0.2, 0.25) is 0 Å². The van der Waals surface area contributed by atoms with Gasteiger partial charge in [0.2, 0.25) is 5.95 Å². The lowest BCUT2D eigenvalue weighted by atomic mass is 9.97. The monoisotopic (exact) mass is 317 g/mol. The average Bonchev–Trinajstić information content (AvgIpc) is 2.93. The van der Waals surface area contributed by atoms with Crippen molar-refractivity contribution < 1.29 is 23.7 Å². The highest BCUT2D eigenvalue weighted by Gasteiger charge is 2.64. The summed E-state index contributed by atoms with van der Waals surface area (Å²) in [5, 5.41) is 18.7. The maximum absolute atomic E-state index is 14.7. The van der Waals surface area contributed by atoms with Crippen molar-refractivity contribution in [2.45, 2.75) is 30.8 Å². The molecule has 120 valence electrons. The fourth-order valence-corrected chi connectivity index (χ4v) is 2.49. The van der Waals surface area contributed by atoms with Crippen LogP contribution in [0.1, 0.15) is 13.2 Å². The Hall–Kier alpha value is -2.11. The molecule has 0 aliphatic carbocycles. The summed E-state index contributed by atoms with van der Waals surface area (Å²) >= 11 is 0. The number of nitrogens with one attached hydrogen (secondary N) is 1. The van der Waals surface area contributed by atoms with Gasteiger partial charge in [-0.1, -0.05) is 0 Å². The van der Waals surface area contributed by atoms with Gasteiger partial charge >= 0.3 is 0 Å². The summed E-state index contributed by atoms with van der Waals surface area (Å²) in [5.41, 5.74) is 1.87. The second-order valence-corrected chi connectivity index (χ2v) is 5.24. The van der Waals surface area contributed by atoms with Crippen molar-refractivity contribution in [3.05, 3.63) is 16.7 Å². The summed E-state index contributed by atoms with van der Waals surface area (Å²) in [5.74, 6) is -3.23. The van der Waals surface area contributed by atoms with Crippen LogP contribution in [-0.2, 0) is 4.74 Å². The van der Waals surface area contributed by atoms with Gasteiger partial charge in [0.05, 0.1) is 6.33 Å². The minimum atomic E-state index is -2.99. The second-order valence-electron chi connectivity index (χ2n) is 5.24. The molecule has 4 atom stereocenters. The first-order valence-corrected chi connectivity index (χ1v) is 6.27. The zero-order chi connectivity index (χ0) is 16.3. The van der Waals surface area contributed by atoms with E-state index >= 15 is 0 Å². The van der Waals surface area contributed by atoms with E-state index in [2.05, 4.69) is 15.0 Å². The molecule has 0 bridgehead atoms. The Labute approximate surface area is 121 Å². The third-order valence-electron chi connectivity index (χ3n) is 3.65. The van der Waals surface area contributed by atoms with Crippen LogP contribution in [0.25, 0.3) is 11.2 Å². The van der Waals surface area contributed by atoms with Gasteiger partial charge in [0.1, 0.15) is 6.61 Å². The number of ether oxygens (including phenoxy) is 1. The number of H-pyrrole nitrogens is 1. The Morgan fingerprint density at radius 2 is 2.27 bits per heavy atom. The lowest BCUT2D eigenvalue weighted by Gasteiger charge is -2.24. The van der Waals surface area contributed by atoms with Crippen molar-refractivity contribution in [1.29, 1.82) is 0 Å². The number of rotatable bonds is 2. The van der Waals surface area contributed by atoms with Gasteiger partial charge in [0.25, 0.3) is 11.4 Å². The molecule has 0 amide bonds. The van der Waals surface area contributed by atoms with Gasteiger partial charge in [-0.15, -0.1) is 0 Å². The Morgan fingerprint density at radius 1 is 1.59 bits per heavy atom. The summed E-state index contributed by atoms with van der Waals surface area (Å²) in [6, 6.07) is 0. The van der Waals surface area contributed by atoms with Crippen molar-refractivity contribution in [3.63, 3.8) is 0 Å². The number of aromatic amines is 1. The molecular weight excluding hydrogens is 304 g/mol. The third-order valence-corrected chi connectivity index (χ3v) is 3.65. The van der Waals surface area contributed by atoms with Crippen LogP contribution in [-0.4, -0.2) is 54.0 Å². The number of nitrogens with two attached hydrogens (primary N) is 1. The lowest BCUT2D eigenvalue weighted by molar-refractivity contribution is -0.206. The standard InChI is InChI=1S/C11H13F2N5O4/c1-10(12)7(21)11(13,2-19)22-8(10)18-3-15-4-5(18)16-9(14)17-6(4)20/h3,7-8,19,21H,2H2,1H3,(H3,14,16,17,20)/t7-,8+,10+,11+/m0/s1. The van der Waals surface area contributed by atoms with E-state index < -0.39 is 36.0 Å². The predicted molar refractivity (Wildman–Crippen MR) is 69.1 cm³/mol. The number of halogens is 2. The van der Waals surface area contributed by atoms with Crippen LogP contribution < -0.4 is 11.3 Å². The molecule has 5 N–H and O–H groups in total. The maximum Gasteiger partial charge on any atom is 0.280 e. The fraction of sp³-hybridized carbons (Fsp3) is 0.545. The number of hydrogen-bond donors (Lipinski definition) is 4. The number of aliphatic hydroxyl groups excluding tert-OH is 2. The van der Waals surface area contributed by atoms with Crippen LogP contribution in [0.5, 0.6) is 0 Å². The van der Waals surface area contributed by atoms with Crippen molar-refractivity contribution in [1.82, 2.24) is 19.5 Å². The number of aromatic nitrogens is 4. The highest BCUT2D eigenvalue weighted by Crippen LogP contribution is 2.47. The SMILES string of the molecule is C[C@]1(F)[C@H](n2cnc3c(=O)[nH]c(N)nc32)O[C@](F)(CO)[C@H]1O. The van der Waals surface area contributed by atoms with Gasteiger partial charge in [0.15, 0.2) is 29.2 Å². The quantitative estimate of drug-likeness (QED) is 0.556. The maximum atomic E-state index is 14.7. The van der Waals surface area contributed by atoms with E-state index in [4.69, 9.17) is 15.6 Å². The Morgan fingerprint density at radius 3 is 2.86 bits per heavy atom. The van der Waals surface area contributed by atoms with E-state index in [0.29, 0.717) is 0 Å². The molecule has 0 radical (unpaired) electrons. The van der Waals surface area contributed by atoms with Crippen molar-refractivity contribution in [2.24, 2.45) is 0 Å². The van der Waals surface area contributed by atoms with Crippen LogP contribution in [0.15, 0.2) is 11.1 Å². The number of aliphatic hydroxyl groups is 2. The number of alkyl halides is 2. The van der Waals surface area contributed by atoms with E-state index in [-0.39, 0.29) is 17.1 Å². The van der Waals surface area contributed by atoms with Gasteiger partial charge in [-0.3, -0.25) is 14.3 Å². The first kappa shape index (κ1) is 14.8. The fourth-order valence-electron chi connectivity index (χ4n) is 2.49. The summed E-state index contributed by atoms with van der Waals surface area (Å²) in [7, 11) is 0. The predicted octanol–water partition coefficient (Wildman–Crippen LogP) is -1.02. The topological polar surface area (TPSA) is 139 Å². The van der Waals surface area contributed by atoms with Crippen LogP contribution in [0.3, 0.4) is 0 Å². The van der Waals surface area contributed by atoms with Crippen LogP contribution >= 0.6 is 0 Å². The van der Waals surface area contributed by atoms with Crippen molar-refractivity contribution in [2.75, 3.05) is 12.3 Å². The molecule has 2 aromatic heterocycles. The molecule has 1 saturated heterocycles. The summed E-state index contributed by atoms with van der Waals surface area (Å²) in [6.07, 6.45) is -2.92. The number of imidazole rings is 1. The first-order chi connectivity index (χ1) is 10.2. The zero-order valence-corrected chi connectivity index (χ0v) is 11.3. The van der Waals surface area contributed by atoms with Gasteiger partial charge in [0, 0.05) is 0 Å². The molecule has 0 saturated carbocycles. The van der Waals surface area contributed by atoms with E-state index in [1.54, 1.807) is 0 Å². The molecular formula is C11H13F2N5O4. The zero-order valence-electron chi connectivity index (χ0n) is 11.3. The molecule has 11 heteroatoms. The number of hydrogen-bond acceptors (Lipinski definition) is 7. The normalized spacial score (nSPS) is 35.3. The minimum Gasteiger partial charge on any atom is -0.390 e. The molecule has 3 rings (SSSR count). The summed E-state index contributed by atoms with van der Waals surface area (Å²) in [4.78, 5) is 21.5. The minimum absolute atomic E-state index is 0.135. The van der Waals surface area contributed by atoms with Crippen LogP contribution in [0, 0.1) is 0 Å². The van der Waals surface area contributed by atoms with Gasteiger partial charge in [-0.2, -0.15) is 4.98 Å². The van der Waals surface area contributed by atoms with E-state index in [1.807, 2.05) is 0 Å². The first-order valence-electron chi connectivity index (χ1n) is 6.27. The van der Waals surface area contributed by atoms with E-state index in [0.717, 1.165) is 17.8 Å². The summed E-state index contributed by atoms with van der Waals surface area (Å²) in [6.45, 7) is -0.339. The Balaban J connectivity index is 2.18. The van der Waals surface area contributed by atoms with Gasteiger partial charge < -0.3 is 20.7 Å². The highest BCUT2D eigenvalue weighted by molar-refractivity contribution is 5.70. The molecule has 3 heterocycles. The highest BCUT2D eigenvalue weighted by atomic mass is 19.2. The molecule has 0 spiro atoms. The molecule has 1 aliphatic rings. The molecule has 0 unspecified atom stereocenters. The molecule has 2 aromatic rings. The number of nitrogen functional groups attached to an aromatic ring is 1. The molecule has 1 fully saturated rings.